The molecule has 0 bridgehead atoms. The highest BCUT2D eigenvalue weighted by atomic mass is 79.9. The second-order valence-electron chi connectivity index (χ2n) is 3.85. The largest absolute Gasteiger partial charge is 0.350 e. The van der Waals surface area contributed by atoms with Gasteiger partial charge in [-0.15, -0.1) is 0 Å². The Bertz CT molecular complexity index is 511. The molecule has 0 saturated heterocycles. The molecule has 0 aliphatic carbocycles. The van der Waals surface area contributed by atoms with Gasteiger partial charge in [-0.2, -0.15) is 0 Å². The Morgan fingerprint density at radius 1 is 1.39 bits per heavy atom. The molecule has 1 heterocycles. The molecule has 94 valence electrons. The van der Waals surface area contributed by atoms with Gasteiger partial charge in [-0.05, 0) is 11.6 Å². The molecule has 2 aromatic rings. The van der Waals surface area contributed by atoms with Crippen molar-refractivity contribution in [2.75, 3.05) is 6.54 Å². The number of nitrogens with zero attached hydrogens (tertiary/aromatic N) is 2. The molecular weight excluding hydrogens is 294 g/mol. The summed E-state index contributed by atoms with van der Waals surface area (Å²) in [4.78, 5) is 15.9. The van der Waals surface area contributed by atoms with Crippen molar-refractivity contribution in [2.24, 2.45) is 0 Å². The molecule has 1 N–H and O–H groups in total. The van der Waals surface area contributed by atoms with E-state index >= 15 is 0 Å². The summed E-state index contributed by atoms with van der Waals surface area (Å²) in [6.07, 6.45) is 5.33. The highest BCUT2D eigenvalue weighted by Crippen LogP contribution is 2.12. The SMILES string of the molecule is O=C(NCCn1ccnc1)c1ccccc1CBr. The number of hydrogen-bond acceptors (Lipinski definition) is 2. The number of carbonyl (C=O) groups excluding carboxylic acids is 1. The number of amides is 1. The lowest BCUT2D eigenvalue weighted by molar-refractivity contribution is 0.0951. The average molecular weight is 308 g/mol. The van der Waals surface area contributed by atoms with Crippen LogP contribution < -0.4 is 5.32 Å². The monoisotopic (exact) mass is 307 g/mol. The Hall–Kier alpha value is -1.62. The van der Waals surface area contributed by atoms with Gasteiger partial charge in [0.1, 0.15) is 0 Å². The molecule has 0 atom stereocenters. The van der Waals surface area contributed by atoms with Gasteiger partial charge in [0.15, 0.2) is 0 Å². The van der Waals surface area contributed by atoms with Crippen LogP contribution in [0.2, 0.25) is 0 Å². The number of nitrogens with one attached hydrogen (secondary N) is 1. The maximum atomic E-state index is 12.0. The van der Waals surface area contributed by atoms with E-state index in [9.17, 15) is 4.79 Å². The predicted molar refractivity (Wildman–Crippen MR) is 73.6 cm³/mol. The number of imidazole rings is 1. The Kier molecular flexibility index (Phi) is 4.52. The van der Waals surface area contributed by atoms with Gasteiger partial charge in [-0.1, -0.05) is 34.1 Å². The Balaban J connectivity index is 1.91. The summed E-state index contributed by atoms with van der Waals surface area (Å²) in [5.74, 6) is -0.0369. The molecule has 0 aliphatic rings. The third kappa shape index (κ3) is 3.20. The Morgan fingerprint density at radius 3 is 2.94 bits per heavy atom. The van der Waals surface area contributed by atoms with Crippen LogP contribution in [0.15, 0.2) is 43.0 Å². The van der Waals surface area contributed by atoms with Gasteiger partial charge < -0.3 is 9.88 Å². The van der Waals surface area contributed by atoms with E-state index in [2.05, 4.69) is 26.2 Å². The molecule has 0 unspecified atom stereocenters. The quantitative estimate of drug-likeness (QED) is 0.861. The third-order valence-corrected chi connectivity index (χ3v) is 3.22. The molecular formula is C13H14BrN3O. The number of carbonyl (C=O) groups is 1. The number of halogens is 1. The first kappa shape index (κ1) is 12.8. The molecule has 4 nitrogen and oxygen atoms in total. The summed E-state index contributed by atoms with van der Waals surface area (Å²) < 4.78 is 1.93. The number of aromatic nitrogens is 2. The van der Waals surface area contributed by atoms with Crippen LogP contribution in [0, 0.1) is 0 Å². The minimum Gasteiger partial charge on any atom is -0.350 e. The van der Waals surface area contributed by atoms with Crippen molar-refractivity contribution in [1.29, 1.82) is 0 Å². The lowest BCUT2D eigenvalue weighted by Gasteiger charge is -2.08. The molecule has 1 amide bonds. The molecule has 18 heavy (non-hydrogen) atoms. The highest BCUT2D eigenvalue weighted by Gasteiger charge is 2.08. The topological polar surface area (TPSA) is 46.9 Å². The fraction of sp³-hybridized carbons (Fsp3) is 0.231. The van der Waals surface area contributed by atoms with Crippen LogP contribution in [-0.4, -0.2) is 22.0 Å². The van der Waals surface area contributed by atoms with Crippen molar-refractivity contribution in [1.82, 2.24) is 14.9 Å². The normalized spacial score (nSPS) is 10.3. The second-order valence-corrected chi connectivity index (χ2v) is 4.41. The summed E-state index contributed by atoms with van der Waals surface area (Å²) in [7, 11) is 0. The van der Waals surface area contributed by atoms with E-state index in [1.54, 1.807) is 12.5 Å². The lowest BCUT2D eigenvalue weighted by Crippen LogP contribution is -2.27. The van der Waals surface area contributed by atoms with Crippen LogP contribution in [-0.2, 0) is 11.9 Å². The summed E-state index contributed by atoms with van der Waals surface area (Å²) in [5, 5.41) is 3.58. The van der Waals surface area contributed by atoms with Gasteiger partial charge >= 0.3 is 0 Å². The van der Waals surface area contributed by atoms with Crippen LogP contribution in [0.3, 0.4) is 0 Å². The number of alkyl halides is 1. The molecule has 2 rings (SSSR count). The molecule has 0 radical (unpaired) electrons. The maximum Gasteiger partial charge on any atom is 0.251 e. The number of rotatable bonds is 5. The van der Waals surface area contributed by atoms with Gasteiger partial charge in [-0.25, -0.2) is 4.98 Å². The first-order valence-electron chi connectivity index (χ1n) is 5.69. The third-order valence-electron chi connectivity index (χ3n) is 2.62. The van der Waals surface area contributed by atoms with E-state index in [0.717, 1.165) is 17.7 Å². The van der Waals surface area contributed by atoms with E-state index in [4.69, 9.17) is 0 Å². The maximum absolute atomic E-state index is 12.0. The van der Waals surface area contributed by atoms with E-state index in [1.807, 2.05) is 35.0 Å². The van der Waals surface area contributed by atoms with Crippen molar-refractivity contribution < 1.29 is 4.79 Å². The number of benzene rings is 1. The summed E-state index contributed by atoms with van der Waals surface area (Å²) in [6, 6.07) is 7.58. The standard InChI is InChI=1S/C13H14BrN3O/c14-9-11-3-1-2-4-12(11)13(18)16-6-8-17-7-5-15-10-17/h1-5,7,10H,6,8-9H2,(H,16,18). The summed E-state index contributed by atoms with van der Waals surface area (Å²) >= 11 is 3.38. The second kappa shape index (κ2) is 6.35. The predicted octanol–water partition coefficient (Wildman–Crippen LogP) is 2.21. The fourth-order valence-corrected chi connectivity index (χ4v) is 2.16. The molecule has 0 fully saturated rings. The number of hydrogen-bond donors (Lipinski definition) is 1. The molecule has 0 saturated carbocycles. The van der Waals surface area contributed by atoms with Gasteiger partial charge in [0.25, 0.3) is 5.91 Å². The highest BCUT2D eigenvalue weighted by molar-refractivity contribution is 9.08. The van der Waals surface area contributed by atoms with Crippen molar-refractivity contribution >= 4 is 21.8 Å². The molecule has 0 aliphatic heterocycles. The lowest BCUT2D eigenvalue weighted by atomic mass is 10.1. The fourth-order valence-electron chi connectivity index (χ4n) is 1.67. The van der Waals surface area contributed by atoms with Gasteiger partial charge in [0.05, 0.1) is 6.33 Å². The van der Waals surface area contributed by atoms with Crippen molar-refractivity contribution in [3.63, 3.8) is 0 Å². The zero-order chi connectivity index (χ0) is 12.8. The zero-order valence-electron chi connectivity index (χ0n) is 9.84. The van der Waals surface area contributed by atoms with E-state index in [0.29, 0.717) is 11.9 Å². The minimum atomic E-state index is -0.0369. The van der Waals surface area contributed by atoms with Crippen LogP contribution in [0.5, 0.6) is 0 Å². The van der Waals surface area contributed by atoms with Gasteiger partial charge in [-0.3, -0.25) is 4.79 Å². The van der Waals surface area contributed by atoms with Crippen LogP contribution in [0.4, 0.5) is 0 Å². The first-order valence-corrected chi connectivity index (χ1v) is 6.81. The molecule has 0 spiro atoms. The van der Waals surface area contributed by atoms with Crippen LogP contribution >= 0.6 is 15.9 Å². The summed E-state index contributed by atoms with van der Waals surface area (Å²) in [5.41, 5.74) is 1.72. The molecule has 1 aromatic heterocycles. The first-order chi connectivity index (χ1) is 8.81. The van der Waals surface area contributed by atoms with Crippen LogP contribution in [0.1, 0.15) is 15.9 Å². The minimum absolute atomic E-state index is 0.0369. The van der Waals surface area contributed by atoms with E-state index in [1.165, 1.54) is 0 Å². The summed E-state index contributed by atoms with van der Waals surface area (Å²) in [6.45, 7) is 1.31. The zero-order valence-corrected chi connectivity index (χ0v) is 11.4. The van der Waals surface area contributed by atoms with Gasteiger partial charge in [0, 0.05) is 36.4 Å². The molecule has 5 heteroatoms. The van der Waals surface area contributed by atoms with Crippen molar-refractivity contribution in [2.45, 2.75) is 11.9 Å². The van der Waals surface area contributed by atoms with Crippen LogP contribution in [0.25, 0.3) is 0 Å². The van der Waals surface area contributed by atoms with E-state index in [-0.39, 0.29) is 5.91 Å². The smallest absolute Gasteiger partial charge is 0.251 e. The van der Waals surface area contributed by atoms with Gasteiger partial charge in [0.2, 0.25) is 0 Å². The van der Waals surface area contributed by atoms with Crippen molar-refractivity contribution in [3.8, 4) is 0 Å². The van der Waals surface area contributed by atoms with E-state index < -0.39 is 0 Å². The Morgan fingerprint density at radius 2 is 2.22 bits per heavy atom. The van der Waals surface area contributed by atoms with Crippen molar-refractivity contribution in [3.05, 3.63) is 54.1 Å². The Labute approximate surface area is 114 Å². The average Bonchev–Trinajstić information content (AvgIpc) is 2.91. The molecule has 1 aromatic carbocycles.